The van der Waals surface area contributed by atoms with E-state index in [0.29, 0.717) is 17.4 Å². The van der Waals surface area contributed by atoms with Crippen LogP contribution in [0.3, 0.4) is 0 Å². The summed E-state index contributed by atoms with van der Waals surface area (Å²) in [5.41, 5.74) is 0.894. The standard InChI is InChI=1S/C12H19BrO/c13-7-11-2-9-1-10(3-11)5-12(4-9,6-11)8-14/h9-10,14H,1-8H2/t9-,10-,11?,12?/m1/s1. The Balaban J connectivity index is 1.94. The summed E-state index contributed by atoms with van der Waals surface area (Å²) in [7, 11) is 0. The van der Waals surface area contributed by atoms with Crippen LogP contribution in [0.15, 0.2) is 0 Å². The summed E-state index contributed by atoms with van der Waals surface area (Å²) in [5, 5.41) is 10.8. The molecule has 0 aliphatic heterocycles. The summed E-state index contributed by atoms with van der Waals surface area (Å²) in [6.45, 7) is 0.439. The molecule has 4 bridgehead atoms. The first-order chi connectivity index (χ1) is 6.69. The van der Waals surface area contributed by atoms with Crippen LogP contribution in [-0.4, -0.2) is 17.0 Å². The summed E-state index contributed by atoms with van der Waals surface area (Å²) >= 11 is 3.71. The van der Waals surface area contributed by atoms with E-state index in [1.807, 2.05) is 0 Å². The highest BCUT2D eigenvalue weighted by Crippen LogP contribution is 2.65. The molecule has 0 aromatic rings. The normalized spacial score (nSPS) is 55.3. The molecule has 14 heavy (non-hydrogen) atoms. The van der Waals surface area contributed by atoms with Gasteiger partial charge in [0.1, 0.15) is 0 Å². The van der Waals surface area contributed by atoms with Crippen LogP contribution in [0.5, 0.6) is 0 Å². The SMILES string of the molecule is OCC12C[C@@H]3C[C@@H](C1)CC(CBr)(C3)C2. The van der Waals surface area contributed by atoms with Crippen LogP contribution in [0.4, 0.5) is 0 Å². The summed E-state index contributed by atoms with van der Waals surface area (Å²) in [6.07, 6.45) is 8.22. The fourth-order valence-electron chi connectivity index (χ4n) is 4.99. The maximum Gasteiger partial charge on any atom is 0.0487 e. The number of halogens is 1. The minimum atomic E-state index is 0.331. The molecule has 2 atom stereocenters. The van der Waals surface area contributed by atoms with Crippen molar-refractivity contribution in [2.45, 2.75) is 38.5 Å². The molecule has 0 aromatic carbocycles. The lowest BCUT2D eigenvalue weighted by Gasteiger charge is -2.61. The molecule has 4 saturated carbocycles. The summed E-state index contributed by atoms with van der Waals surface area (Å²) in [6, 6.07) is 0. The molecule has 4 fully saturated rings. The molecule has 0 amide bonds. The number of hydrogen-bond acceptors (Lipinski definition) is 1. The van der Waals surface area contributed by atoms with Crippen molar-refractivity contribution in [1.82, 2.24) is 0 Å². The summed E-state index contributed by atoms with van der Waals surface area (Å²) in [5.74, 6) is 1.86. The molecule has 0 spiro atoms. The molecule has 0 radical (unpaired) electrons. The molecular weight excluding hydrogens is 240 g/mol. The molecule has 4 aliphatic rings. The van der Waals surface area contributed by atoms with E-state index in [1.54, 1.807) is 0 Å². The third kappa shape index (κ3) is 1.23. The van der Waals surface area contributed by atoms with Crippen molar-refractivity contribution < 1.29 is 5.11 Å². The van der Waals surface area contributed by atoms with Crippen LogP contribution in [-0.2, 0) is 0 Å². The van der Waals surface area contributed by atoms with Crippen LogP contribution in [0.2, 0.25) is 0 Å². The van der Waals surface area contributed by atoms with Crippen molar-refractivity contribution in [3.63, 3.8) is 0 Å². The van der Waals surface area contributed by atoms with Gasteiger partial charge in [0.15, 0.2) is 0 Å². The molecular formula is C12H19BrO. The first-order valence-electron chi connectivity index (χ1n) is 5.86. The van der Waals surface area contributed by atoms with Gasteiger partial charge in [-0.1, -0.05) is 15.9 Å². The zero-order valence-corrected chi connectivity index (χ0v) is 10.2. The number of hydrogen-bond donors (Lipinski definition) is 1. The van der Waals surface area contributed by atoms with Crippen LogP contribution in [0, 0.1) is 22.7 Å². The predicted octanol–water partition coefficient (Wildman–Crippen LogP) is 2.96. The van der Waals surface area contributed by atoms with E-state index in [9.17, 15) is 5.11 Å². The molecule has 4 rings (SSSR count). The molecule has 0 unspecified atom stereocenters. The van der Waals surface area contributed by atoms with Gasteiger partial charge in [-0.15, -0.1) is 0 Å². The molecule has 0 saturated heterocycles. The highest BCUT2D eigenvalue weighted by atomic mass is 79.9. The summed E-state index contributed by atoms with van der Waals surface area (Å²) in [4.78, 5) is 0. The molecule has 0 aromatic heterocycles. The molecule has 0 heterocycles. The maximum atomic E-state index is 9.63. The Hall–Kier alpha value is 0.440. The Labute approximate surface area is 94.4 Å². The van der Waals surface area contributed by atoms with E-state index in [4.69, 9.17) is 0 Å². The lowest BCUT2D eigenvalue weighted by atomic mass is 9.45. The van der Waals surface area contributed by atoms with E-state index in [2.05, 4.69) is 15.9 Å². The largest absolute Gasteiger partial charge is 0.396 e. The van der Waals surface area contributed by atoms with Gasteiger partial charge < -0.3 is 5.11 Å². The molecule has 1 nitrogen and oxygen atoms in total. The van der Waals surface area contributed by atoms with E-state index in [1.165, 1.54) is 38.5 Å². The van der Waals surface area contributed by atoms with Crippen molar-refractivity contribution in [2.75, 3.05) is 11.9 Å². The van der Waals surface area contributed by atoms with Gasteiger partial charge in [0.2, 0.25) is 0 Å². The third-order valence-corrected chi connectivity index (χ3v) is 6.11. The topological polar surface area (TPSA) is 20.2 Å². The molecule has 80 valence electrons. The van der Waals surface area contributed by atoms with Gasteiger partial charge in [0, 0.05) is 11.9 Å². The minimum absolute atomic E-state index is 0.331. The lowest BCUT2D eigenvalue weighted by molar-refractivity contribution is -0.119. The minimum Gasteiger partial charge on any atom is -0.396 e. The highest BCUT2D eigenvalue weighted by molar-refractivity contribution is 9.09. The van der Waals surface area contributed by atoms with Gasteiger partial charge >= 0.3 is 0 Å². The second kappa shape index (κ2) is 2.98. The molecule has 4 aliphatic carbocycles. The molecule has 2 heteroatoms. The van der Waals surface area contributed by atoms with Gasteiger partial charge in [0.05, 0.1) is 0 Å². The van der Waals surface area contributed by atoms with E-state index in [-0.39, 0.29) is 0 Å². The number of aliphatic hydroxyl groups excluding tert-OH is 1. The van der Waals surface area contributed by atoms with Gasteiger partial charge in [-0.2, -0.15) is 0 Å². The Morgan fingerprint density at radius 2 is 1.64 bits per heavy atom. The smallest absolute Gasteiger partial charge is 0.0487 e. The first kappa shape index (κ1) is 9.65. The van der Waals surface area contributed by atoms with Crippen LogP contribution >= 0.6 is 15.9 Å². The van der Waals surface area contributed by atoms with Crippen molar-refractivity contribution in [2.24, 2.45) is 22.7 Å². The van der Waals surface area contributed by atoms with Gasteiger partial charge in [-0.25, -0.2) is 0 Å². The van der Waals surface area contributed by atoms with Crippen molar-refractivity contribution >= 4 is 15.9 Å². The maximum absolute atomic E-state index is 9.63. The Bertz CT molecular complexity index is 215. The number of aliphatic hydroxyl groups is 1. The predicted molar refractivity (Wildman–Crippen MR) is 60.4 cm³/mol. The van der Waals surface area contributed by atoms with Crippen molar-refractivity contribution in [3.05, 3.63) is 0 Å². The highest BCUT2D eigenvalue weighted by Gasteiger charge is 2.56. The van der Waals surface area contributed by atoms with Gasteiger partial charge in [-0.3, -0.25) is 0 Å². The fraction of sp³-hybridized carbons (Fsp3) is 1.00. The molecule has 1 N–H and O–H groups in total. The van der Waals surface area contributed by atoms with Crippen LogP contribution in [0.1, 0.15) is 38.5 Å². The Kier molecular flexibility index (Phi) is 2.05. The van der Waals surface area contributed by atoms with Gasteiger partial charge in [0.25, 0.3) is 0 Å². The van der Waals surface area contributed by atoms with Crippen LogP contribution in [0.25, 0.3) is 0 Å². The number of alkyl halides is 1. The quantitative estimate of drug-likeness (QED) is 0.756. The summed E-state index contributed by atoms with van der Waals surface area (Å²) < 4.78 is 0. The average molecular weight is 259 g/mol. The Morgan fingerprint density at radius 3 is 2.14 bits per heavy atom. The monoisotopic (exact) mass is 258 g/mol. The van der Waals surface area contributed by atoms with Crippen molar-refractivity contribution in [3.8, 4) is 0 Å². The first-order valence-corrected chi connectivity index (χ1v) is 6.98. The average Bonchev–Trinajstić information content (AvgIpc) is 2.16. The second-order valence-corrected chi connectivity index (χ2v) is 6.81. The van der Waals surface area contributed by atoms with E-state index < -0.39 is 0 Å². The zero-order chi connectivity index (χ0) is 9.81. The lowest BCUT2D eigenvalue weighted by Crippen LogP contribution is -2.53. The zero-order valence-electron chi connectivity index (χ0n) is 8.64. The third-order valence-electron chi connectivity index (χ3n) is 4.92. The second-order valence-electron chi connectivity index (χ2n) is 6.25. The van der Waals surface area contributed by atoms with Gasteiger partial charge in [-0.05, 0) is 61.2 Å². The number of rotatable bonds is 2. The van der Waals surface area contributed by atoms with Crippen LogP contribution < -0.4 is 0 Å². The Morgan fingerprint density at radius 1 is 1.07 bits per heavy atom. The van der Waals surface area contributed by atoms with Crippen molar-refractivity contribution in [1.29, 1.82) is 0 Å². The van der Waals surface area contributed by atoms with E-state index >= 15 is 0 Å². The van der Waals surface area contributed by atoms with E-state index in [0.717, 1.165) is 17.2 Å². The fourth-order valence-corrected chi connectivity index (χ4v) is 5.65.